The quantitative estimate of drug-likeness (QED) is 0.625. The van der Waals surface area contributed by atoms with Crippen LogP contribution in [0.4, 0.5) is 14.9 Å². The second-order valence-electron chi connectivity index (χ2n) is 7.67. The molecular formula is C24H31FN4O3. The number of benzene rings is 2. The molecule has 172 valence electrons. The Labute approximate surface area is 188 Å². The average molecular weight is 443 g/mol. The van der Waals surface area contributed by atoms with E-state index in [0.717, 1.165) is 31.7 Å². The molecule has 0 aromatic heterocycles. The number of para-hydroxylation sites is 1. The summed E-state index contributed by atoms with van der Waals surface area (Å²) in [5.41, 5.74) is 2.00. The Bertz CT molecular complexity index is 855. The zero-order chi connectivity index (χ0) is 22.8. The molecule has 0 saturated carbocycles. The van der Waals surface area contributed by atoms with Crippen molar-refractivity contribution >= 4 is 17.7 Å². The Morgan fingerprint density at radius 1 is 1.00 bits per heavy atom. The fraction of sp³-hybridized carbons (Fsp3) is 0.417. The van der Waals surface area contributed by atoms with Crippen LogP contribution in [-0.4, -0.2) is 62.3 Å². The molecule has 2 aromatic carbocycles. The Kier molecular flexibility index (Phi) is 8.86. The molecule has 1 heterocycles. The second kappa shape index (κ2) is 12.0. The number of nitrogens with zero attached hydrogens (tertiary/aromatic N) is 2. The van der Waals surface area contributed by atoms with Gasteiger partial charge in [0.1, 0.15) is 5.82 Å². The van der Waals surface area contributed by atoms with Crippen LogP contribution in [0.25, 0.3) is 0 Å². The summed E-state index contributed by atoms with van der Waals surface area (Å²) in [6.07, 6.45) is -0.0792. The molecule has 1 fully saturated rings. The van der Waals surface area contributed by atoms with Crippen LogP contribution >= 0.6 is 0 Å². The Balaban J connectivity index is 1.58. The summed E-state index contributed by atoms with van der Waals surface area (Å²) in [5, 5.41) is 5.54. The lowest BCUT2D eigenvalue weighted by Crippen LogP contribution is -2.55. The van der Waals surface area contributed by atoms with Gasteiger partial charge in [-0.3, -0.25) is 9.69 Å². The second-order valence-corrected chi connectivity index (χ2v) is 7.67. The highest BCUT2D eigenvalue weighted by molar-refractivity contribution is 5.81. The van der Waals surface area contributed by atoms with Crippen molar-refractivity contribution in [3.63, 3.8) is 0 Å². The van der Waals surface area contributed by atoms with Crippen molar-refractivity contribution in [2.45, 2.75) is 25.9 Å². The van der Waals surface area contributed by atoms with E-state index in [1.54, 1.807) is 12.1 Å². The summed E-state index contributed by atoms with van der Waals surface area (Å²) in [4.78, 5) is 29.1. The Morgan fingerprint density at radius 2 is 1.69 bits per heavy atom. The highest BCUT2D eigenvalue weighted by atomic mass is 19.1. The maximum Gasteiger partial charge on any atom is 0.407 e. The number of hydrogen-bond donors (Lipinski definition) is 2. The summed E-state index contributed by atoms with van der Waals surface area (Å²) >= 11 is 0. The lowest BCUT2D eigenvalue weighted by molar-refractivity contribution is -0.127. The normalized spacial score (nSPS) is 15.1. The van der Waals surface area contributed by atoms with Crippen molar-refractivity contribution in [2.24, 2.45) is 0 Å². The lowest BCUT2D eigenvalue weighted by Gasteiger charge is -2.39. The van der Waals surface area contributed by atoms with Crippen molar-refractivity contribution in [2.75, 3.05) is 44.2 Å². The van der Waals surface area contributed by atoms with Crippen LogP contribution in [0.1, 0.15) is 18.9 Å². The predicted molar refractivity (Wildman–Crippen MR) is 122 cm³/mol. The first-order valence-electron chi connectivity index (χ1n) is 11.0. The van der Waals surface area contributed by atoms with Crippen molar-refractivity contribution in [3.05, 3.63) is 66.0 Å². The van der Waals surface area contributed by atoms with Gasteiger partial charge in [-0.1, -0.05) is 30.3 Å². The number of rotatable bonds is 9. The van der Waals surface area contributed by atoms with E-state index < -0.39 is 12.1 Å². The van der Waals surface area contributed by atoms with Gasteiger partial charge < -0.3 is 20.3 Å². The van der Waals surface area contributed by atoms with Gasteiger partial charge in [-0.15, -0.1) is 0 Å². The zero-order valence-electron chi connectivity index (χ0n) is 18.4. The smallest absolute Gasteiger partial charge is 0.407 e. The third-order valence-corrected chi connectivity index (χ3v) is 5.50. The summed E-state index contributed by atoms with van der Waals surface area (Å²) in [6.45, 7) is 5.85. The first kappa shape index (κ1) is 23.5. The average Bonchev–Trinajstić information content (AvgIpc) is 2.82. The summed E-state index contributed by atoms with van der Waals surface area (Å²) in [7, 11) is 0. The maximum atomic E-state index is 13.1. The molecule has 32 heavy (non-hydrogen) atoms. The van der Waals surface area contributed by atoms with Gasteiger partial charge in [-0.05, 0) is 36.8 Å². The van der Waals surface area contributed by atoms with Crippen LogP contribution in [-0.2, 0) is 16.1 Å². The summed E-state index contributed by atoms with van der Waals surface area (Å²) < 4.78 is 18.3. The minimum atomic E-state index is -0.480. The molecule has 3 rings (SSSR count). The number of carbonyl (C=O) groups is 2. The molecule has 1 aliphatic heterocycles. The number of alkyl carbamates (subject to hydrolysis) is 1. The van der Waals surface area contributed by atoms with E-state index in [-0.39, 0.29) is 18.3 Å². The van der Waals surface area contributed by atoms with Gasteiger partial charge in [-0.25, -0.2) is 9.18 Å². The molecule has 0 spiro atoms. The van der Waals surface area contributed by atoms with E-state index in [0.29, 0.717) is 19.5 Å². The summed E-state index contributed by atoms with van der Waals surface area (Å²) in [6, 6.07) is 15.9. The van der Waals surface area contributed by atoms with Gasteiger partial charge in [0, 0.05) is 51.4 Å². The Hall–Kier alpha value is -3.13. The van der Waals surface area contributed by atoms with E-state index in [9.17, 15) is 14.0 Å². The number of nitrogens with one attached hydrogen (secondary N) is 2. The minimum Gasteiger partial charge on any atom is -0.449 e. The molecule has 2 aromatic rings. The lowest BCUT2D eigenvalue weighted by atomic mass is 10.1. The number of anilines is 1. The van der Waals surface area contributed by atoms with Gasteiger partial charge in [-0.2, -0.15) is 0 Å². The molecule has 8 heteroatoms. The summed E-state index contributed by atoms with van der Waals surface area (Å²) in [5.74, 6) is -0.432. The highest BCUT2D eigenvalue weighted by Crippen LogP contribution is 2.18. The van der Waals surface area contributed by atoms with Gasteiger partial charge in [0.2, 0.25) is 5.91 Å². The third kappa shape index (κ3) is 6.95. The largest absolute Gasteiger partial charge is 0.449 e. The van der Waals surface area contributed by atoms with Crippen LogP contribution in [0.2, 0.25) is 0 Å². The van der Waals surface area contributed by atoms with Gasteiger partial charge in [0.05, 0.1) is 12.6 Å². The Morgan fingerprint density at radius 3 is 2.34 bits per heavy atom. The molecule has 2 amide bonds. The molecule has 0 radical (unpaired) electrons. The van der Waals surface area contributed by atoms with Gasteiger partial charge >= 0.3 is 6.09 Å². The number of amides is 2. The first-order chi connectivity index (χ1) is 15.6. The molecule has 1 atom stereocenters. The monoisotopic (exact) mass is 442 g/mol. The van der Waals surface area contributed by atoms with Gasteiger partial charge in [0.25, 0.3) is 0 Å². The standard InChI is InChI=1S/C24H31FN4O3/c1-2-26-24(31)32-17-12-22(23(30)27-18-19-8-10-20(25)11-9-19)29-15-13-28(14-16-29)21-6-4-3-5-7-21/h3-11,22H,2,12-18H2,1H3,(H,26,31)(H,27,30). The van der Waals surface area contributed by atoms with Crippen LogP contribution in [0.15, 0.2) is 54.6 Å². The predicted octanol–water partition coefficient (Wildman–Crippen LogP) is 2.77. The maximum absolute atomic E-state index is 13.1. The molecule has 1 aliphatic rings. The third-order valence-electron chi connectivity index (χ3n) is 5.50. The molecule has 0 bridgehead atoms. The van der Waals surface area contributed by atoms with E-state index in [4.69, 9.17) is 4.74 Å². The molecule has 1 unspecified atom stereocenters. The van der Waals surface area contributed by atoms with Crippen molar-refractivity contribution in [1.29, 1.82) is 0 Å². The van der Waals surface area contributed by atoms with E-state index in [1.165, 1.54) is 17.8 Å². The molecular weight excluding hydrogens is 411 g/mol. The first-order valence-corrected chi connectivity index (χ1v) is 11.0. The van der Waals surface area contributed by atoms with Crippen molar-refractivity contribution in [1.82, 2.24) is 15.5 Å². The van der Waals surface area contributed by atoms with Crippen molar-refractivity contribution in [3.8, 4) is 0 Å². The van der Waals surface area contributed by atoms with Crippen LogP contribution < -0.4 is 15.5 Å². The molecule has 7 nitrogen and oxygen atoms in total. The number of ether oxygens (including phenoxy) is 1. The highest BCUT2D eigenvalue weighted by Gasteiger charge is 2.29. The van der Waals surface area contributed by atoms with Crippen LogP contribution in [0, 0.1) is 5.82 Å². The van der Waals surface area contributed by atoms with E-state index >= 15 is 0 Å². The molecule has 2 N–H and O–H groups in total. The van der Waals surface area contributed by atoms with E-state index in [2.05, 4.69) is 32.6 Å². The zero-order valence-corrected chi connectivity index (χ0v) is 18.4. The van der Waals surface area contributed by atoms with Gasteiger partial charge in [0.15, 0.2) is 0 Å². The fourth-order valence-electron chi connectivity index (χ4n) is 3.78. The number of hydrogen-bond acceptors (Lipinski definition) is 5. The minimum absolute atomic E-state index is 0.123. The molecule has 1 saturated heterocycles. The molecule has 0 aliphatic carbocycles. The van der Waals surface area contributed by atoms with E-state index in [1.807, 2.05) is 25.1 Å². The van der Waals surface area contributed by atoms with Crippen LogP contribution in [0.3, 0.4) is 0 Å². The topological polar surface area (TPSA) is 73.9 Å². The fourth-order valence-corrected chi connectivity index (χ4v) is 3.78. The SMILES string of the molecule is CCNC(=O)OCCC(C(=O)NCc1ccc(F)cc1)N1CCN(c2ccccc2)CC1. The number of halogens is 1. The number of piperazine rings is 1. The number of carbonyl (C=O) groups excluding carboxylic acids is 2. The van der Waals surface area contributed by atoms with Crippen molar-refractivity contribution < 1.29 is 18.7 Å². The van der Waals surface area contributed by atoms with Crippen LogP contribution in [0.5, 0.6) is 0 Å².